The number of halogens is 3. The summed E-state index contributed by atoms with van der Waals surface area (Å²) in [5.74, 6) is -5.67. The van der Waals surface area contributed by atoms with Crippen LogP contribution < -0.4 is 0 Å². The highest BCUT2D eigenvalue weighted by Crippen LogP contribution is 2.28. The first-order chi connectivity index (χ1) is 13.3. The fourth-order valence-electron chi connectivity index (χ4n) is 3.39. The maximum atomic E-state index is 13.5. The smallest absolute Gasteiger partial charge is 0.409 e. The van der Waals surface area contributed by atoms with Crippen molar-refractivity contribution in [2.24, 2.45) is 5.92 Å². The molecule has 1 heterocycles. The second-order valence-electron chi connectivity index (χ2n) is 6.56. The van der Waals surface area contributed by atoms with Crippen LogP contribution in [0.5, 0.6) is 0 Å². The molecular weight excluding hydrogens is 379 g/mol. The Morgan fingerprint density at radius 2 is 1.82 bits per heavy atom. The van der Waals surface area contributed by atoms with Gasteiger partial charge >= 0.3 is 12.1 Å². The molecule has 1 aromatic rings. The number of Topliss-reactive ketones (excluding diaryl/α,β-unsaturated/α-hetero) is 1. The quantitative estimate of drug-likeness (QED) is 0.416. The molecule has 28 heavy (non-hydrogen) atoms. The molecule has 6 nitrogen and oxygen atoms in total. The lowest BCUT2D eigenvalue weighted by molar-refractivity contribution is -0.146. The van der Waals surface area contributed by atoms with Gasteiger partial charge in [0, 0.05) is 18.5 Å². The van der Waals surface area contributed by atoms with Crippen molar-refractivity contribution < 1.29 is 37.0 Å². The van der Waals surface area contributed by atoms with Gasteiger partial charge in [-0.3, -0.25) is 9.59 Å². The van der Waals surface area contributed by atoms with Crippen LogP contribution >= 0.6 is 0 Å². The number of ether oxygens (including phenoxy) is 2. The number of hydrogen-bond acceptors (Lipinski definition) is 5. The number of carbonyl (C=O) groups excluding carboxylic acids is 3. The molecule has 0 N–H and O–H groups in total. The zero-order chi connectivity index (χ0) is 20.8. The van der Waals surface area contributed by atoms with Crippen LogP contribution in [0, 0.1) is 23.4 Å². The Kier molecular flexibility index (Phi) is 7.42. The topological polar surface area (TPSA) is 72.9 Å². The van der Waals surface area contributed by atoms with Crippen LogP contribution in [0.4, 0.5) is 18.0 Å². The van der Waals surface area contributed by atoms with Crippen LogP contribution in [0.3, 0.4) is 0 Å². The highest BCUT2D eigenvalue weighted by Gasteiger charge is 2.36. The number of nitrogens with zero attached hydrogens (tertiary/aromatic N) is 1. The third kappa shape index (κ3) is 5.24. The second kappa shape index (κ2) is 9.57. The van der Waals surface area contributed by atoms with E-state index in [1.807, 2.05) is 0 Å². The molecule has 0 bridgehead atoms. The van der Waals surface area contributed by atoms with Crippen molar-refractivity contribution in [2.45, 2.75) is 38.6 Å². The Labute approximate surface area is 160 Å². The summed E-state index contributed by atoms with van der Waals surface area (Å²) in [6, 6.07) is 1.12. The summed E-state index contributed by atoms with van der Waals surface area (Å²) in [6.07, 6.45) is -0.482. The Balaban J connectivity index is 2.17. The number of methoxy groups -OCH3 is 1. The van der Waals surface area contributed by atoms with E-state index in [1.54, 1.807) is 6.92 Å². The summed E-state index contributed by atoms with van der Waals surface area (Å²) in [4.78, 5) is 37.3. The van der Waals surface area contributed by atoms with Crippen LogP contribution in [0.15, 0.2) is 12.1 Å². The maximum Gasteiger partial charge on any atom is 0.409 e. The van der Waals surface area contributed by atoms with Gasteiger partial charge in [0.15, 0.2) is 17.5 Å². The molecule has 0 radical (unpaired) electrons. The zero-order valence-corrected chi connectivity index (χ0v) is 15.7. The Morgan fingerprint density at radius 1 is 1.18 bits per heavy atom. The van der Waals surface area contributed by atoms with Crippen molar-refractivity contribution in [3.8, 4) is 0 Å². The van der Waals surface area contributed by atoms with Gasteiger partial charge in [-0.15, -0.1) is 0 Å². The Morgan fingerprint density at radius 3 is 2.39 bits per heavy atom. The fourth-order valence-corrected chi connectivity index (χ4v) is 3.39. The van der Waals surface area contributed by atoms with Gasteiger partial charge in [-0.2, -0.15) is 0 Å². The molecule has 1 saturated heterocycles. The number of hydrogen-bond donors (Lipinski definition) is 0. The van der Waals surface area contributed by atoms with Gasteiger partial charge in [-0.05, 0) is 43.9 Å². The van der Waals surface area contributed by atoms with E-state index in [0.717, 1.165) is 12.1 Å². The SMILES string of the molecule is CCOC(=O)CC(=O)[C@@H]1CCN(C(=O)OC)[C@H](Cc2cc(F)c(F)c(F)c2)C1. The van der Waals surface area contributed by atoms with Gasteiger partial charge in [0.2, 0.25) is 0 Å². The number of piperidine rings is 1. The van der Waals surface area contributed by atoms with E-state index in [2.05, 4.69) is 0 Å². The highest BCUT2D eigenvalue weighted by molar-refractivity contribution is 5.96. The predicted octanol–water partition coefficient (Wildman–Crippen LogP) is 3.02. The fraction of sp³-hybridized carbons (Fsp3) is 0.526. The summed E-state index contributed by atoms with van der Waals surface area (Å²) < 4.78 is 49.7. The third-order valence-corrected chi connectivity index (χ3v) is 4.72. The first-order valence-electron chi connectivity index (χ1n) is 8.93. The van der Waals surface area contributed by atoms with Crippen LogP contribution in [-0.2, 0) is 25.5 Å². The molecule has 1 fully saturated rings. The number of carbonyl (C=O) groups is 3. The number of esters is 1. The third-order valence-electron chi connectivity index (χ3n) is 4.72. The van der Waals surface area contributed by atoms with Gasteiger partial charge < -0.3 is 14.4 Å². The molecule has 1 amide bonds. The summed E-state index contributed by atoms with van der Waals surface area (Å²) >= 11 is 0. The molecule has 0 spiro atoms. The molecule has 1 aromatic carbocycles. The van der Waals surface area contributed by atoms with E-state index in [-0.39, 0.29) is 43.8 Å². The number of rotatable bonds is 6. The largest absolute Gasteiger partial charge is 0.466 e. The van der Waals surface area contributed by atoms with Gasteiger partial charge in [0.1, 0.15) is 12.2 Å². The van der Waals surface area contributed by atoms with Gasteiger partial charge in [0.05, 0.1) is 13.7 Å². The summed E-state index contributed by atoms with van der Waals surface area (Å²) in [5.41, 5.74) is 0.147. The van der Waals surface area contributed by atoms with E-state index in [9.17, 15) is 27.6 Å². The van der Waals surface area contributed by atoms with E-state index in [4.69, 9.17) is 9.47 Å². The first kappa shape index (κ1) is 21.7. The second-order valence-corrected chi connectivity index (χ2v) is 6.56. The molecule has 154 valence electrons. The number of likely N-dealkylation sites (tertiary alicyclic amines) is 1. The minimum absolute atomic E-state index is 0.00636. The van der Waals surface area contributed by atoms with E-state index < -0.39 is 41.5 Å². The molecule has 9 heteroatoms. The Bertz CT molecular complexity index is 732. The molecule has 2 rings (SSSR count). The van der Waals surface area contributed by atoms with Gasteiger partial charge in [-0.1, -0.05) is 0 Å². The predicted molar refractivity (Wildman–Crippen MR) is 91.9 cm³/mol. The molecule has 0 aromatic heterocycles. The highest BCUT2D eigenvalue weighted by atomic mass is 19.2. The van der Waals surface area contributed by atoms with Crippen LogP contribution in [0.1, 0.15) is 31.7 Å². The van der Waals surface area contributed by atoms with Gasteiger partial charge in [-0.25, -0.2) is 18.0 Å². The number of ketones is 1. The molecule has 2 atom stereocenters. The van der Waals surface area contributed by atoms with Crippen molar-refractivity contribution in [3.63, 3.8) is 0 Å². The minimum Gasteiger partial charge on any atom is -0.466 e. The van der Waals surface area contributed by atoms with Crippen molar-refractivity contribution in [1.29, 1.82) is 0 Å². The van der Waals surface area contributed by atoms with E-state index in [0.29, 0.717) is 6.42 Å². The summed E-state index contributed by atoms with van der Waals surface area (Å²) in [7, 11) is 1.20. The summed E-state index contributed by atoms with van der Waals surface area (Å²) in [5, 5.41) is 0. The van der Waals surface area contributed by atoms with E-state index in [1.165, 1.54) is 12.0 Å². The number of benzene rings is 1. The molecule has 1 aliphatic heterocycles. The Hall–Kier alpha value is -2.58. The lowest BCUT2D eigenvalue weighted by atomic mass is 9.84. The standard InChI is InChI=1S/C19H22F3NO5/c1-3-28-17(25)10-16(24)12-4-5-23(19(26)27-2)13(9-12)6-11-7-14(20)18(22)15(21)8-11/h7-8,12-13H,3-6,9-10H2,1-2H3/t12-,13-/m1/s1. The lowest BCUT2D eigenvalue weighted by Crippen LogP contribution is -2.48. The molecule has 1 aliphatic rings. The van der Waals surface area contributed by atoms with Crippen molar-refractivity contribution in [1.82, 2.24) is 4.90 Å². The molecule has 0 saturated carbocycles. The number of amides is 1. The monoisotopic (exact) mass is 401 g/mol. The molecule has 0 aliphatic carbocycles. The average molecular weight is 401 g/mol. The van der Waals surface area contributed by atoms with Crippen molar-refractivity contribution in [3.05, 3.63) is 35.1 Å². The van der Waals surface area contributed by atoms with Crippen LogP contribution in [0.25, 0.3) is 0 Å². The van der Waals surface area contributed by atoms with E-state index >= 15 is 0 Å². The van der Waals surface area contributed by atoms with Crippen LogP contribution in [0.2, 0.25) is 0 Å². The van der Waals surface area contributed by atoms with Crippen LogP contribution in [-0.4, -0.2) is 49.0 Å². The minimum atomic E-state index is -1.57. The average Bonchev–Trinajstić information content (AvgIpc) is 2.65. The lowest BCUT2D eigenvalue weighted by Gasteiger charge is -2.38. The summed E-state index contributed by atoms with van der Waals surface area (Å²) in [6.45, 7) is 1.98. The molecule has 0 unspecified atom stereocenters. The van der Waals surface area contributed by atoms with Crippen molar-refractivity contribution in [2.75, 3.05) is 20.3 Å². The molecular formula is C19H22F3NO5. The van der Waals surface area contributed by atoms with Crippen molar-refractivity contribution >= 4 is 17.8 Å². The zero-order valence-electron chi connectivity index (χ0n) is 15.7. The maximum absolute atomic E-state index is 13.5. The first-order valence-corrected chi connectivity index (χ1v) is 8.93. The van der Waals surface area contributed by atoms with Gasteiger partial charge in [0.25, 0.3) is 0 Å². The normalized spacial score (nSPS) is 19.2.